The summed E-state index contributed by atoms with van der Waals surface area (Å²) in [7, 11) is 0. The van der Waals surface area contributed by atoms with Crippen molar-refractivity contribution in [3.8, 4) is 0 Å². The lowest BCUT2D eigenvalue weighted by molar-refractivity contribution is -0.127. The van der Waals surface area contributed by atoms with Gasteiger partial charge in [-0.1, -0.05) is 0 Å². The fourth-order valence-corrected chi connectivity index (χ4v) is 2.33. The van der Waals surface area contributed by atoms with E-state index in [0.717, 1.165) is 18.1 Å². The molecule has 1 heterocycles. The molecular formula is C10H19N3O2S. The molecule has 0 radical (unpaired) electrons. The van der Waals surface area contributed by atoms with Crippen LogP contribution in [-0.2, 0) is 9.59 Å². The van der Waals surface area contributed by atoms with Crippen molar-refractivity contribution >= 4 is 23.6 Å². The maximum Gasteiger partial charge on any atom is 0.239 e. The fourth-order valence-electron chi connectivity index (χ4n) is 1.40. The molecule has 6 heteroatoms. The molecule has 5 nitrogen and oxygen atoms in total. The zero-order chi connectivity index (χ0) is 12.0. The minimum atomic E-state index is -0.161. The van der Waals surface area contributed by atoms with Gasteiger partial charge in [0.2, 0.25) is 11.8 Å². The Morgan fingerprint density at radius 1 is 1.50 bits per heavy atom. The molecule has 2 amide bonds. The van der Waals surface area contributed by atoms with Crippen LogP contribution in [0.4, 0.5) is 0 Å². The average Bonchev–Trinajstić information content (AvgIpc) is 2.26. The highest BCUT2D eigenvalue weighted by Gasteiger charge is 2.20. The van der Waals surface area contributed by atoms with Gasteiger partial charge in [-0.15, -0.1) is 0 Å². The molecule has 0 aliphatic carbocycles. The van der Waals surface area contributed by atoms with E-state index in [4.69, 9.17) is 0 Å². The number of hydrogen-bond acceptors (Lipinski definition) is 4. The van der Waals surface area contributed by atoms with Gasteiger partial charge in [-0.2, -0.15) is 11.8 Å². The van der Waals surface area contributed by atoms with E-state index in [1.165, 1.54) is 0 Å². The largest absolute Gasteiger partial charge is 0.352 e. The third kappa shape index (κ3) is 4.85. The normalized spacial score (nSPS) is 20.6. The number of thioether (sulfide) groups is 1. The first-order valence-corrected chi connectivity index (χ1v) is 6.63. The minimum Gasteiger partial charge on any atom is -0.352 e. The van der Waals surface area contributed by atoms with Gasteiger partial charge in [0.15, 0.2) is 0 Å². The SMILES string of the molecule is CC(C)NC(=O)CNC(=O)C1CSCCN1. The number of hydrogen-bond donors (Lipinski definition) is 3. The molecule has 16 heavy (non-hydrogen) atoms. The molecule has 0 spiro atoms. The van der Waals surface area contributed by atoms with Crippen LogP contribution in [0.5, 0.6) is 0 Å². The lowest BCUT2D eigenvalue weighted by Crippen LogP contribution is -2.51. The second-order valence-corrected chi connectivity index (χ2v) is 5.17. The Kier molecular flexibility index (Phi) is 5.62. The minimum absolute atomic E-state index is 0.0554. The van der Waals surface area contributed by atoms with Crippen LogP contribution in [0.15, 0.2) is 0 Å². The summed E-state index contributed by atoms with van der Waals surface area (Å²) >= 11 is 1.75. The van der Waals surface area contributed by atoms with E-state index >= 15 is 0 Å². The highest BCUT2D eigenvalue weighted by Crippen LogP contribution is 2.07. The molecule has 0 aromatic heterocycles. The molecule has 0 aromatic carbocycles. The molecule has 1 aliphatic rings. The van der Waals surface area contributed by atoms with Crippen molar-refractivity contribution in [3.63, 3.8) is 0 Å². The quantitative estimate of drug-likeness (QED) is 0.614. The molecule has 0 saturated carbocycles. The molecule has 1 atom stereocenters. The van der Waals surface area contributed by atoms with Crippen LogP contribution >= 0.6 is 11.8 Å². The first-order valence-electron chi connectivity index (χ1n) is 5.48. The molecule has 1 rings (SSSR count). The summed E-state index contributed by atoms with van der Waals surface area (Å²) < 4.78 is 0. The van der Waals surface area contributed by atoms with Crippen LogP contribution in [-0.4, -0.2) is 48.5 Å². The van der Waals surface area contributed by atoms with Gasteiger partial charge in [-0.05, 0) is 13.8 Å². The molecule has 1 fully saturated rings. The van der Waals surface area contributed by atoms with E-state index in [1.54, 1.807) is 11.8 Å². The van der Waals surface area contributed by atoms with Gasteiger partial charge < -0.3 is 16.0 Å². The summed E-state index contributed by atoms with van der Waals surface area (Å²) in [6, 6.07) is -0.0571. The Balaban J connectivity index is 2.21. The Morgan fingerprint density at radius 3 is 2.81 bits per heavy atom. The van der Waals surface area contributed by atoms with E-state index in [2.05, 4.69) is 16.0 Å². The molecule has 92 valence electrons. The number of nitrogens with one attached hydrogen (secondary N) is 3. The van der Waals surface area contributed by atoms with Crippen molar-refractivity contribution in [1.29, 1.82) is 0 Å². The average molecular weight is 245 g/mol. The Morgan fingerprint density at radius 2 is 2.25 bits per heavy atom. The Bertz CT molecular complexity index is 252. The number of carbonyl (C=O) groups is 2. The second kappa shape index (κ2) is 6.75. The zero-order valence-electron chi connectivity index (χ0n) is 9.71. The molecule has 1 aliphatic heterocycles. The third-order valence-corrected chi connectivity index (χ3v) is 3.17. The lowest BCUT2D eigenvalue weighted by atomic mass is 10.3. The van der Waals surface area contributed by atoms with Crippen LogP contribution in [0.3, 0.4) is 0 Å². The number of carbonyl (C=O) groups excluding carboxylic acids is 2. The van der Waals surface area contributed by atoms with E-state index in [-0.39, 0.29) is 30.4 Å². The predicted molar refractivity (Wildman–Crippen MR) is 65.4 cm³/mol. The zero-order valence-corrected chi connectivity index (χ0v) is 10.5. The molecule has 0 aromatic rings. The van der Waals surface area contributed by atoms with Crippen molar-refractivity contribution in [1.82, 2.24) is 16.0 Å². The van der Waals surface area contributed by atoms with Crippen molar-refractivity contribution in [3.05, 3.63) is 0 Å². The highest BCUT2D eigenvalue weighted by molar-refractivity contribution is 7.99. The van der Waals surface area contributed by atoms with Crippen LogP contribution in [0.25, 0.3) is 0 Å². The molecule has 1 saturated heterocycles. The summed E-state index contributed by atoms with van der Waals surface area (Å²) in [5.74, 6) is 1.58. The van der Waals surface area contributed by atoms with E-state index < -0.39 is 0 Å². The van der Waals surface area contributed by atoms with Gasteiger partial charge in [-0.3, -0.25) is 9.59 Å². The smallest absolute Gasteiger partial charge is 0.239 e. The number of amides is 2. The monoisotopic (exact) mass is 245 g/mol. The first-order chi connectivity index (χ1) is 7.59. The molecule has 1 unspecified atom stereocenters. The fraction of sp³-hybridized carbons (Fsp3) is 0.800. The first kappa shape index (κ1) is 13.3. The summed E-state index contributed by atoms with van der Waals surface area (Å²) in [5, 5.41) is 8.47. The van der Waals surface area contributed by atoms with Gasteiger partial charge in [0.05, 0.1) is 12.6 Å². The lowest BCUT2D eigenvalue weighted by Gasteiger charge is -2.22. The summed E-state index contributed by atoms with van der Waals surface area (Å²) in [6.07, 6.45) is 0. The van der Waals surface area contributed by atoms with Crippen molar-refractivity contribution < 1.29 is 9.59 Å². The maximum atomic E-state index is 11.6. The van der Waals surface area contributed by atoms with Gasteiger partial charge in [0, 0.05) is 24.1 Å². The maximum absolute atomic E-state index is 11.6. The van der Waals surface area contributed by atoms with Gasteiger partial charge >= 0.3 is 0 Å². The Labute approximate surface area is 100 Å². The van der Waals surface area contributed by atoms with E-state index in [9.17, 15) is 9.59 Å². The van der Waals surface area contributed by atoms with Gasteiger partial charge in [0.25, 0.3) is 0 Å². The van der Waals surface area contributed by atoms with Crippen molar-refractivity contribution in [2.45, 2.75) is 25.9 Å². The summed E-state index contributed by atoms with van der Waals surface area (Å²) in [4.78, 5) is 22.9. The highest BCUT2D eigenvalue weighted by atomic mass is 32.2. The molecule has 0 bridgehead atoms. The third-order valence-electron chi connectivity index (χ3n) is 2.11. The topological polar surface area (TPSA) is 70.2 Å². The second-order valence-electron chi connectivity index (χ2n) is 4.02. The van der Waals surface area contributed by atoms with Crippen LogP contribution in [0.2, 0.25) is 0 Å². The number of rotatable bonds is 4. The molecule has 3 N–H and O–H groups in total. The summed E-state index contributed by atoms with van der Waals surface area (Å²) in [6.45, 7) is 4.68. The van der Waals surface area contributed by atoms with Crippen molar-refractivity contribution in [2.75, 3.05) is 24.6 Å². The Hall–Kier alpha value is -0.750. The van der Waals surface area contributed by atoms with Gasteiger partial charge in [0.1, 0.15) is 0 Å². The van der Waals surface area contributed by atoms with Crippen LogP contribution in [0.1, 0.15) is 13.8 Å². The van der Waals surface area contributed by atoms with Crippen molar-refractivity contribution in [2.24, 2.45) is 0 Å². The standard InChI is InChI=1S/C10H19N3O2S/c1-7(2)13-9(14)5-12-10(15)8-6-16-4-3-11-8/h7-8,11H,3-6H2,1-2H3,(H,12,15)(H,13,14). The molecular weight excluding hydrogens is 226 g/mol. The predicted octanol–water partition coefficient (Wildman–Crippen LogP) is -0.668. The van der Waals surface area contributed by atoms with Gasteiger partial charge in [-0.25, -0.2) is 0 Å². The van der Waals surface area contributed by atoms with Crippen LogP contribution < -0.4 is 16.0 Å². The van der Waals surface area contributed by atoms with E-state index in [1.807, 2.05) is 13.8 Å². The van der Waals surface area contributed by atoms with E-state index in [0.29, 0.717) is 0 Å². The summed E-state index contributed by atoms with van der Waals surface area (Å²) in [5.41, 5.74) is 0. The van der Waals surface area contributed by atoms with Crippen LogP contribution in [0, 0.1) is 0 Å².